The summed E-state index contributed by atoms with van der Waals surface area (Å²) in [4.78, 5) is 21.8. The summed E-state index contributed by atoms with van der Waals surface area (Å²) in [5, 5.41) is 18.6. The third-order valence-electron chi connectivity index (χ3n) is 4.05. The zero-order valence-corrected chi connectivity index (χ0v) is 12.5. The topological polar surface area (TPSA) is 113 Å². The summed E-state index contributed by atoms with van der Waals surface area (Å²) in [6, 6.07) is 6.53. The number of rotatable bonds is 4. The van der Waals surface area contributed by atoms with E-state index in [0.29, 0.717) is 22.9 Å². The second-order valence-corrected chi connectivity index (χ2v) is 5.52. The highest BCUT2D eigenvalue weighted by molar-refractivity contribution is 5.89. The minimum Gasteiger partial charge on any atom is -0.478 e. The average Bonchev–Trinajstić information content (AvgIpc) is 3.04. The summed E-state index contributed by atoms with van der Waals surface area (Å²) in [7, 11) is 0. The van der Waals surface area contributed by atoms with E-state index in [4.69, 9.17) is 10.8 Å². The Kier molecular flexibility index (Phi) is 4.12. The molecule has 0 amide bonds. The number of aromatic carboxylic acids is 1. The number of hydrogen-bond acceptors (Lipinski definition) is 6. The van der Waals surface area contributed by atoms with E-state index >= 15 is 0 Å². The molecule has 1 fully saturated rings. The van der Waals surface area contributed by atoms with Crippen LogP contribution in [0.2, 0.25) is 0 Å². The molecule has 0 unspecified atom stereocenters. The molecule has 120 valence electrons. The SMILES string of the molecule is Nc1ncc(-c2cccc(C(=O)O)c2)nc1N1CCC[C@@H]1CO. The Morgan fingerprint density at radius 2 is 2.26 bits per heavy atom. The Labute approximate surface area is 133 Å². The summed E-state index contributed by atoms with van der Waals surface area (Å²) in [6.45, 7) is 0.808. The van der Waals surface area contributed by atoms with Gasteiger partial charge in [0.15, 0.2) is 11.6 Å². The fourth-order valence-corrected chi connectivity index (χ4v) is 2.86. The van der Waals surface area contributed by atoms with E-state index in [-0.39, 0.29) is 18.2 Å². The smallest absolute Gasteiger partial charge is 0.335 e. The number of benzene rings is 1. The molecule has 3 rings (SSSR count). The van der Waals surface area contributed by atoms with E-state index in [2.05, 4.69) is 9.97 Å². The second-order valence-electron chi connectivity index (χ2n) is 5.52. The number of carboxylic acid groups (broad SMARTS) is 1. The molecule has 1 aliphatic rings. The summed E-state index contributed by atoms with van der Waals surface area (Å²) in [6.07, 6.45) is 3.38. The highest BCUT2D eigenvalue weighted by Crippen LogP contribution is 2.29. The monoisotopic (exact) mass is 314 g/mol. The normalized spacial score (nSPS) is 17.4. The molecule has 0 saturated carbocycles. The lowest BCUT2D eigenvalue weighted by Gasteiger charge is -2.25. The third kappa shape index (κ3) is 2.95. The lowest BCUT2D eigenvalue weighted by molar-refractivity contribution is 0.0697. The number of anilines is 2. The molecule has 4 N–H and O–H groups in total. The molecule has 1 atom stereocenters. The number of nitrogens with two attached hydrogens (primary N) is 1. The van der Waals surface area contributed by atoms with Crippen LogP contribution in [0.1, 0.15) is 23.2 Å². The second kappa shape index (κ2) is 6.21. The van der Waals surface area contributed by atoms with Crippen LogP contribution < -0.4 is 10.6 Å². The predicted molar refractivity (Wildman–Crippen MR) is 86.3 cm³/mol. The summed E-state index contributed by atoms with van der Waals surface area (Å²) in [5.41, 5.74) is 7.36. The van der Waals surface area contributed by atoms with Crippen molar-refractivity contribution in [1.82, 2.24) is 9.97 Å². The van der Waals surface area contributed by atoms with Crippen LogP contribution >= 0.6 is 0 Å². The maximum Gasteiger partial charge on any atom is 0.335 e. The Bertz CT molecular complexity index is 735. The molecule has 0 aliphatic carbocycles. The zero-order valence-electron chi connectivity index (χ0n) is 12.5. The first kappa shape index (κ1) is 15.2. The van der Waals surface area contributed by atoms with Gasteiger partial charge in [-0.25, -0.2) is 14.8 Å². The number of aromatic nitrogens is 2. The summed E-state index contributed by atoms with van der Waals surface area (Å²) in [5.74, 6) is -0.140. The molecule has 1 aliphatic heterocycles. The largest absolute Gasteiger partial charge is 0.478 e. The fraction of sp³-hybridized carbons (Fsp3) is 0.312. The van der Waals surface area contributed by atoms with Gasteiger partial charge in [0.25, 0.3) is 0 Å². The van der Waals surface area contributed by atoms with Crippen molar-refractivity contribution in [3.63, 3.8) is 0 Å². The van der Waals surface area contributed by atoms with Crippen molar-refractivity contribution in [2.45, 2.75) is 18.9 Å². The van der Waals surface area contributed by atoms with E-state index in [0.717, 1.165) is 19.4 Å². The summed E-state index contributed by atoms with van der Waals surface area (Å²) >= 11 is 0. The molecule has 23 heavy (non-hydrogen) atoms. The van der Waals surface area contributed by atoms with Crippen LogP contribution in [0.5, 0.6) is 0 Å². The van der Waals surface area contributed by atoms with Crippen LogP contribution in [0.15, 0.2) is 30.5 Å². The van der Waals surface area contributed by atoms with E-state index in [1.807, 2.05) is 4.90 Å². The quantitative estimate of drug-likeness (QED) is 0.781. The van der Waals surface area contributed by atoms with E-state index in [1.165, 1.54) is 12.3 Å². The van der Waals surface area contributed by atoms with E-state index in [1.54, 1.807) is 18.2 Å². The van der Waals surface area contributed by atoms with Gasteiger partial charge in [0.2, 0.25) is 0 Å². The van der Waals surface area contributed by atoms with Crippen LogP contribution in [0.25, 0.3) is 11.3 Å². The number of aliphatic hydroxyl groups is 1. The first-order valence-electron chi connectivity index (χ1n) is 7.44. The summed E-state index contributed by atoms with van der Waals surface area (Å²) < 4.78 is 0. The average molecular weight is 314 g/mol. The molecule has 0 bridgehead atoms. The van der Waals surface area contributed by atoms with Crippen molar-refractivity contribution in [1.29, 1.82) is 0 Å². The Morgan fingerprint density at radius 1 is 1.43 bits per heavy atom. The van der Waals surface area contributed by atoms with Crippen molar-refractivity contribution in [3.8, 4) is 11.3 Å². The Morgan fingerprint density at radius 3 is 3.00 bits per heavy atom. The minimum absolute atomic E-state index is 0.00722. The van der Waals surface area contributed by atoms with Crippen molar-refractivity contribution in [3.05, 3.63) is 36.0 Å². The minimum atomic E-state index is -0.990. The molecule has 7 heteroatoms. The van der Waals surface area contributed by atoms with Gasteiger partial charge in [-0.05, 0) is 25.0 Å². The van der Waals surface area contributed by atoms with Crippen LogP contribution in [0.4, 0.5) is 11.6 Å². The van der Waals surface area contributed by atoms with E-state index < -0.39 is 5.97 Å². The van der Waals surface area contributed by atoms with Gasteiger partial charge in [0.1, 0.15) is 0 Å². The van der Waals surface area contributed by atoms with Gasteiger partial charge < -0.3 is 20.8 Å². The molecule has 0 spiro atoms. The number of carbonyl (C=O) groups is 1. The Hall–Kier alpha value is -2.67. The van der Waals surface area contributed by atoms with Gasteiger partial charge in [-0.3, -0.25) is 0 Å². The van der Waals surface area contributed by atoms with Gasteiger partial charge in [0.05, 0.1) is 30.1 Å². The van der Waals surface area contributed by atoms with Crippen LogP contribution in [0.3, 0.4) is 0 Å². The van der Waals surface area contributed by atoms with Gasteiger partial charge in [-0.2, -0.15) is 0 Å². The number of aliphatic hydroxyl groups excluding tert-OH is 1. The van der Waals surface area contributed by atoms with Gasteiger partial charge in [-0.15, -0.1) is 0 Å². The predicted octanol–water partition coefficient (Wildman–Crippen LogP) is 1.39. The number of nitrogens with zero attached hydrogens (tertiary/aromatic N) is 3. The molecule has 1 aromatic carbocycles. The molecule has 1 aromatic heterocycles. The number of nitrogen functional groups attached to an aromatic ring is 1. The van der Waals surface area contributed by atoms with Crippen molar-refractivity contribution >= 4 is 17.6 Å². The van der Waals surface area contributed by atoms with Crippen LogP contribution in [0, 0.1) is 0 Å². The molecule has 2 aromatic rings. The molecule has 7 nitrogen and oxygen atoms in total. The molecular weight excluding hydrogens is 296 g/mol. The van der Waals surface area contributed by atoms with Crippen LogP contribution in [-0.2, 0) is 0 Å². The lowest BCUT2D eigenvalue weighted by Crippen LogP contribution is -2.33. The molecular formula is C16H18N4O3. The fourth-order valence-electron chi connectivity index (χ4n) is 2.86. The van der Waals surface area contributed by atoms with Crippen molar-refractivity contribution in [2.24, 2.45) is 0 Å². The standard InChI is InChI=1S/C16H18N4O3/c17-14-15(20-6-2-5-12(20)9-21)19-13(8-18-14)10-3-1-4-11(7-10)16(22)23/h1,3-4,7-8,12,21H,2,5-6,9H2,(H2,17,18)(H,22,23)/t12-/m1/s1. The maximum absolute atomic E-state index is 11.1. The zero-order chi connectivity index (χ0) is 16.4. The first-order chi connectivity index (χ1) is 11.1. The van der Waals surface area contributed by atoms with Gasteiger partial charge in [0, 0.05) is 12.1 Å². The maximum atomic E-state index is 11.1. The molecule has 2 heterocycles. The van der Waals surface area contributed by atoms with Gasteiger partial charge >= 0.3 is 5.97 Å². The van der Waals surface area contributed by atoms with Crippen LogP contribution in [-0.4, -0.2) is 45.3 Å². The Balaban J connectivity index is 2.00. The van der Waals surface area contributed by atoms with Crippen molar-refractivity contribution < 1.29 is 15.0 Å². The first-order valence-corrected chi connectivity index (χ1v) is 7.44. The van der Waals surface area contributed by atoms with Gasteiger partial charge in [-0.1, -0.05) is 12.1 Å². The third-order valence-corrected chi connectivity index (χ3v) is 4.05. The van der Waals surface area contributed by atoms with E-state index in [9.17, 15) is 9.90 Å². The lowest BCUT2D eigenvalue weighted by atomic mass is 10.1. The molecule has 1 saturated heterocycles. The molecule has 0 radical (unpaired) electrons. The number of hydrogen-bond donors (Lipinski definition) is 3. The highest BCUT2D eigenvalue weighted by atomic mass is 16.4. The number of carboxylic acids is 1. The highest BCUT2D eigenvalue weighted by Gasteiger charge is 2.27. The van der Waals surface area contributed by atoms with Crippen molar-refractivity contribution in [2.75, 3.05) is 23.8 Å².